The molecule has 0 saturated carbocycles. The molecule has 0 unspecified atom stereocenters. The van der Waals surface area contributed by atoms with Crippen LogP contribution in [0.1, 0.15) is 26.3 Å². The van der Waals surface area contributed by atoms with Crippen molar-refractivity contribution in [2.75, 3.05) is 13.7 Å². The summed E-state index contributed by atoms with van der Waals surface area (Å²) in [6.07, 6.45) is 0.545. The molecule has 0 fully saturated rings. The minimum Gasteiger partial charge on any atom is -0.481 e. The van der Waals surface area contributed by atoms with Crippen LogP contribution < -0.4 is 4.74 Å². The highest BCUT2D eigenvalue weighted by molar-refractivity contribution is 6.21. The molecular weight excluding hydrogens is 316 g/mol. The maximum atomic E-state index is 12.5. The molecule has 1 aliphatic heterocycles. The first kappa shape index (κ1) is 15.3. The van der Waals surface area contributed by atoms with E-state index < -0.39 is 0 Å². The third kappa shape index (κ3) is 2.54. The smallest absolute Gasteiger partial charge is 0.261 e. The van der Waals surface area contributed by atoms with E-state index in [9.17, 15) is 9.59 Å². The number of methoxy groups -OCH3 is 1. The van der Waals surface area contributed by atoms with Crippen LogP contribution in [0.4, 0.5) is 0 Å². The average molecular weight is 332 g/mol. The average Bonchev–Trinajstić information content (AvgIpc) is 2.90. The topological polar surface area (TPSA) is 59.5 Å². The van der Waals surface area contributed by atoms with Gasteiger partial charge in [0.15, 0.2) is 0 Å². The van der Waals surface area contributed by atoms with Crippen LogP contribution in [0.2, 0.25) is 0 Å². The Morgan fingerprint density at radius 1 is 0.920 bits per heavy atom. The van der Waals surface area contributed by atoms with E-state index in [2.05, 4.69) is 4.98 Å². The third-order valence-corrected chi connectivity index (χ3v) is 4.47. The molecule has 1 aliphatic rings. The van der Waals surface area contributed by atoms with Gasteiger partial charge < -0.3 is 4.74 Å². The largest absolute Gasteiger partial charge is 0.481 e. The molecule has 124 valence electrons. The summed E-state index contributed by atoms with van der Waals surface area (Å²) in [5, 5.41) is 1.00. The lowest BCUT2D eigenvalue weighted by molar-refractivity contribution is 0.0656. The number of aromatic nitrogens is 1. The fourth-order valence-corrected chi connectivity index (χ4v) is 3.18. The standard InChI is InChI=1S/C20H16N2O3/c1-25-17-10-9-13-5-4-6-14(18(13)21-17)11-12-22-19(23)15-7-2-3-8-16(15)20(22)24/h2-10H,11-12H2,1H3. The maximum Gasteiger partial charge on any atom is 0.261 e. The number of fused-ring (bicyclic) bond motifs is 2. The summed E-state index contributed by atoms with van der Waals surface area (Å²) in [6.45, 7) is 0.324. The minimum absolute atomic E-state index is 0.230. The summed E-state index contributed by atoms with van der Waals surface area (Å²) in [5.41, 5.74) is 2.77. The van der Waals surface area contributed by atoms with Gasteiger partial charge in [-0.1, -0.05) is 30.3 Å². The van der Waals surface area contributed by atoms with Gasteiger partial charge in [-0.05, 0) is 30.2 Å². The lowest BCUT2D eigenvalue weighted by Crippen LogP contribution is -2.31. The van der Waals surface area contributed by atoms with Gasteiger partial charge in [0.1, 0.15) is 0 Å². The zero-order valence-corrected chi connectivity index (χ0v) is 13.7. The summed E-state index contributed by atoms with van der Waals surface area (Å²) >= 11 is 0. The molecule has 0 atom stereocenters. The summed E-state index contributed by atoms with van der Waals surface area (Å²) in [6, 6.07) is 16.6. The Hall–Kier alpha value is -3.21. The number of carbonyl (C=O) groups is 2. The molecule has 0 bridgehead atoms. The van der Waals surface area contributed by atoms with Crippen LogP contribution in [0.5, 0.6) is 5.88 Å². The van der Waals surface area contributed by atoms with Gasteiger partial charge in [-0.2, -0.15) is 0 Å². The lowest BCUT2D eigenvalue weighted by atomic mass is 10.1. The first-order valence-corrected chi connectivity index (χ1v) is 8.07. The van der Waals surface area contributed by atoms with Gasteiger partial charge in [0, 0.05) is 18.0 Å². The monoisotopic (exact) mass is 332 g/mol. The Kier molecular flexibility index (Phi) is 3.69. The summed E-state index contributed by atoms with van der Waals surface area (Å²) in [5.74, 6) is 0.0819. The molecule has 3 aromatic rings. The van der Waals surface area contributed by atoms with Crippen molar-refractivity contribution >= 4 is 22.7 Å². The Morgan fingerprint density at radius 2 is 1.64 bits per heavy atom. The second kappa shape index (κ2) is 6.02. The number of rotatable bonds is 4. The van der Waals surface area contributed by atoms with Crippen LogP contribution in [0, 0.1) is 0 Å². The minimum atomic E-state index is -0.230. The molecule has 0 saturated heterocycles. The number of benzene rings is 2. The van der Waals surface area contributed by atoms with Crippen molar-refractivity contribution in [2.45, 2.75) is 6.42 Å². The van der Waals surface area contributed by atoms with Gasteiger partial charge in [0.25, 0.3) is 11.8 Å². The highest BCUT2D eigenvalue weighted by Gasteiger charge is 2.34. The molecule has 1 aromatic heterocycles. The maximum absolute atomic E-state index is 12.5. The number of pyridine rings is 1. The van der Waals surface area contributed by atoms with E-state index in [1.165, 1.54) is 4.90 Å². The van der Waals surface area contributed by atoms with Gasteiger partial charge in [0.2, 0.25) is 5.88 Å². The summed E-state index contributed by atoms with van der Waals surface area (Å²) < 4.78 is 5.20. The molecule has 4 rings (SSSR count). The second-order valence-electron chi connectivity index (χ2n) is 5.90. The number of amides is 2. The summed E-state index contributed by atoms with van der Waals surface area (Å²) in [7, 11) is 1.58. The lowest BCUT2D eigenvalue weighted by Gasteiger charge is -2.14. The zero-order chi connectivity index (χ0) is 17.4. The molecule has 5 nitrogen and oxygen atoms in total. The first-order chi connectivity index (χ1) is 12.2. The van der Waals surface area contributed by atoms with E-state index in [1.807, 2.05) is 30.3 Å². The van der Waals surface area contributed by atoms with E-state index in [0.717, 1.165) is 16.5 Å². The number of ether oxygens (including phenoxy) is 1. The SMILES string of the molecule is COc1ccc2cccc(CCN3C(=O)c4ccccc4C3=O)c2n1. The Bertz CT molecular complexity index is 962. The first-order valence-electron chi connectivity index (χ1n) is 8.07. The predicted molar refractivity (Wildman–Crippen MR) is 93.8 cm³/mol. The van der Waals surface area contributed by atoms with Crippen LogP contribution in [0.3, 0.4) is 0 Å². The molecule has 25 heavy (non-hydrogen) atoms. The normalized spacial score (nSPS) is 13.4. The van der Waals surface area contributed by atoms with Crippen LogP contribution in [-0.2, 0) is 6.42 Å². The van der Waals surface area contributed by atoms with Gasteiger partial charge in [0.05, 0.1) is 23.8 Å². The number of hydrogen-bond donors (Lipinski definition) is 0. The quantitative estimate of drug-likeness (QED) is 0.689. The Balaban J connectivity index is 1.61. The van der Waals surface area contributed by atoms with Crippen molar-refractivity contribution in [3.63, 3.8) is 0 Å². The summed E-state index contributed by atoms with van der Waals surface area (Å²) in [4.78, 5) is 30.7. The number of nitrogens with zero attached hydrogens (tertiary/aromatic N) is 2. The van der Waals surface area contributed by atoms with Crippen molar-refractivity contribution in [1.29, 1.82) is 0 Å². The molecule has 2 heterocycles. The number of carbonyl (C=O) groups excluding carboxylic acids is 2. The van der Waals surface area contributed by atoms with Gasteiger partial charge in [-0.3, -0.25) is 14.5 Å². The Morgan fingerprint density at radius 3 is 2.32 bits per heavy atom. The highest BCUT2D eigenvalue weighted by atomic mass is 16.5. The van der Waals surface area contributed by atoms with Crippen molar-refractivity contribution in [3.05, 3.63) is 71.3 Å². The van der Waals surface area contributed by atoms with Crippen LogP contribution in [0.15, 0.2) is 54.6 Å². The van der Waals surface area contributed by atoms with Crippen molar-refractivity contribution in [1.82, 2.24) is 9.88 Å². The predicted octanol–water partition coefficient (Wildman–Crippen LogP) is 3.08. The van der Waals surface area contributed by atoms with E-state index in [-0.39, 0.29) is 11.8 Å². The third-order valence-electron chi connectivity index (χ3n) is 4.47. The molecule has 2 aromatic carbocycles. The molecule has 2 amide bonds. The van der Waals surface area contributed by atoms with Crippen LogP contribution in [0.25, 0.3) is 10.9 Å². The number of imide groups is 1. The van der Waals surface area contributed by atoms with Crippen molar-refractivity contribution in [3.8, 4) is 5.88 Å². The highest BCUT2D eigenvalue weighted by Crippen LogP contribution is 2.24. The van der Waals surface area contributed by atoms with Crippen molar-refractivity contribution in [2.24, 2.45) is 0 Å². The molecular formula is C20H16N2O3. The fourth-order valence-electron chi connectivity index (χ4n) is 3.18. The van der Waals surface area contributed by atoms with E-state index >= 15 is 0 Å². The van der Waals surface area contributed by atoms with Gasteiger partial charge in [-0.15, -0.1) is 0 Å². The molecule has 5 heteroatoms. The molecule has 0 radical (unpaired) electrons. The zero-order valence-electron chi connectivity index (χ0n) is 13.7. The van der Waals surface area contributed by atoms with E-state index in [4.69, 9.17) is 4.74 Å². The van der Waals surface area contributed by atoms with Crippen molar-refractivity contribution < 1.29 is 14.3 Å². The number of para-hydroxylation sites is 1. The molecule has 0 aliphatic carbocycles. The van der Waals surface area contributed by atoms with Gasteiger partial charge in [-0.25, -0.2) is 4.98 Å². The molecule has 0 N–H and O–H groups in total. The Labute approximate surface area is 144 Å². The van der Waals surface area contributed by atoms with Gasteiger partial charge >= 0.3 is 0 Å². The second-order valence-corrected chi connectivity index (χ2v) is 5.90. The van der Waals surface area contributed by atoms with Crippen LogP contribution >= 0.6 is 0 Å². The number of hydrogen-bond acceptors (Lipinski definition) is 4. The molecule has 0 spiro atoms. The van der Waals surface area contributed by atoms with E-state index in [0.29, 0.717) is 30.0 Å². The van der Waals surface area contributed by atoms with Crippen LogP contribution in [-0.4, -0.2) is 35.4 Å². The fraction of sp³-hybridized carbons (Fsp3) is 0.150. The van der Waals surface area contributed by atoms with E-state index in [1.54, 1.807) is 31.4 Å².